The van der Waals surface area contributed by atoms with Crippen LogP contribution < -0.4 is 0 Å². The molecule has 3 heterocycles. The summed E-state index contributed by atoms with van der Waals surface area (Å²) in [5, 5.41) is 4.32. The van der Waals surface area contributed by atoms with Crippen molar-refractivity contribution in [3.05, 3.63) is 77.6 Å². The molecular formula is C24H23N5S. The summed E-state index contributed by atoms with van der Waals surface area (Å²) < 4.78 is 3.04. The number of aromatic nitrogens is 3. The Labute approximate surface area is 180 Å². The van der Waals surface area contributed by atoms with Gasteiger partial charge in [0.05, 0.1) is 28.0 Å². The van der Waals surface area contributed by atoms with E-state index in [1.807, 2.05) is 35.8 Å². The van der Waals surface area contributed by atoms with Gasteiger partial charge in [0.15, 0.2) is 0 Å². The summed E-state index contributed by atoms with van der Waals surface area (Å²) in [5.74, 6) is 0. The Balaban J connectivity index is 1.52. The number of nitrogens with zero attached hydrogens (tertiary/aromatic N) is 5. The molecule has 2 aromatic heterocycles. The Morgan fingerprint density at radius 3 is 2.80 bits per heavy atom. The fourth-order valence-electron chi connectivity index (χ4n) is 4.10. The van der Waals surface area contributed by atoms with E-state index >= 15 is 0 Å². The van der Waals surface area contributed by atoms with E-state index in [1.54, 1.807) is 11.3 Å². The molecule has 0 fully saturated rings. The van der Waals surface area contributed by atoms with Crippen LogP contribution in [0.2, 0.25) is 0 Å². The van der Waals surface area contributed by atoms with Crippen LogP contribution in [-0.4, -0.2) is 32.0 Å². The maximum absolute atomic E-state index is 4.67. The van der Waals surface area contributed by atoms with Crippen LogP contribution in [0, 0.1) is 0 Å². The molecule has 1 aliphatic rings. The van der Waals surface area contributed by atoms with Gasteiger partial charge in [0.25, 0.3) is 0 Å². The van der Waals surface area contributed by atoms with Gasteiger partial charge < -0.3 is 4.90 Å². The van der Waals surface area contributed by atoms with E-state index in [2.05, 4.69) is 82.4 Å². The highest BCUT2D eigenvalue weighted by atomic mass is 32.1. The van der Waals surface area contributed by atoms with E-state index in [-0.39, 0.29) is 12.2 Å². The van der Waals surface area contributed by atoms with Crippen LogP contribution >= 0.6 is 11.3 Å². The minimum Gasteiger partial charge on any atom is -0.343 e. The van der Waals surface area contributed by atoms with Crippen molar-refractivity contribution in [2.45, 2.75) is 26.1 Å². The minimum atomic E-state index is 0.0548. The topological polar surface area (TPSA) is 46.3 Å². The lowest BCUT2D eigenvalue weighted by atomic mass is 9.98. The fourth-order valence-corrected chi connectivity index (χ4v) is 4.81. The van der Waals surface area contributed by atoms with E-state index in [1.165, 1.54) is 27.1 Å². The summed E-state index contributed by atoms with van der Waals surface area (Å²) in [4.78, 5) is 11.5. The minimum absolute atomic E-state index is 0.0548. The van der Waals surface area contributed by atoms with Gasteiger partial charge in [0.2, 0.25) is 0 Å². The molecule has 1 aliphatic heterocycles. The lowest BCUT2D eigenvalue weighted by molar-refractivity contribution is 0.252. The Bertz CT molecular complexity index is 1270. The van der Waals surface area contributed by atoms with Crippen molar-refractivity contribution in [2.75, 3.05) is 0 Å². The highest BCUT2D eigenvalue weighted by Gasteiger charge is 2.26. The van der Waals surface area contributed by atoms with Gasteiger partial charge in [0.1, 0.15) is 6.17 Å². The van der Waals surface area contributed by atoms with Crippen molar-refractivity contribution in [3.8, 4) is 11.1 Å². The third-order valence-electron chi connectivity index (χ3n) is 5.67. The monoisotopic (exact) mass is 413 g/mol. The lowest BCUT2D eigenvalue weighted by Gasteiger charge is -2.38. The Hall–Kier alpha value is -3.25. The molecule has 0 spiro atoms. The molecule has 0 aliphatic carbocycles. The highest BCUT2D eigenvalue weighted by molar-refractivity contribution is 7.16. The van der Waals surface area contributed by atoms with Crippen molar-refractivity contribution in [1.82, 2.24) is 19.7 Å². The van der Waals surface area contributed by atoms with Gasteiger partial charge in [-0.2, -0.15) is 5.10 Å². The maximum atomic E-state index is 4.67. The average molecular weight is 414 g/mol. The van der Waals surface area contributed by atoms with Crippen LogP contribution in [0.25, 0.3) is 27.0 Å². The molecule has 5 rings (SSSR count). The molecule has 4 aromatic rings. The third kappa shape index (κ3) is 3.33. The summed E-state index contributed by atoms with van der Waals surface area (Å²) in [6.07, 6.45) is 8.05. The normalized spacial score (nSPS) is 17.4. The Morgan fingerprint density at radius 1 is 1.07 bits per heavy atom. The SMILES string of the molecule is CC1N=CC=C(c2ccc3ncsc3c2)N1[C@@H](C)c1cccc(-c2cnn(C)c2)c1. The van der Waals surface area contributed by atoms with Crippen molar-refractivity contribution in [2.24, 2.45) is 12.0 Å². The van der Waals surface area contributed by atoms with Gasteiger partial charge in [-0.1, -0.05) is 24.3 Å². The smallest absolute Gasteiger partial charge is 0.118 e. The fraction of sp³-hybridized carbons (Fsp3) is 0.208. The molecule has 0 saturated heterocycles. The zero-order valence-electron chi connectivity index (χ0n) is 17.2. The zero-order chi connectivity index (χ0) is 20.7. The largest absolute Gasteiger partial charge is 0.343 e. The van der Waals surface area contributed by atoms with Gasteiger partial charge in [-0.15, -0.1) is 11.3 Å². The summed E-state index contributed by atoms with van der Waals surface area (Å²) in [7, 11) is 1.94. The molecule has 0 radical (unpaired) electrons. The summed E-state index contributed by atoms with van der Waals surface area (Å²) >= 11 is 1.68. The molecule has 30 heavy (non-hydrogen) atoms. The Morgan fingerprint density at radius 2 is 1.97 bits per heavy atom. The van der Waals surface area contributed by atoms with Gasteiger partial charge in [-0.25, -0.2) is 4.98 Å². The van der Waals surface area contributed by atoms with Crippen LogP contribution in [0.4, 0.5) is 0 Å². The molecule has 2 aromatic carbocycles. The molecule has 0 saturated carbocycles. The number of hydrogen-bond donors (Lipinski definition) is 0. The van der Waals surface area contributed by atoms with Crippen molar-refractivity contribution in [3.63, 3.8) is 0 Å². The third-order valence-corrected chi connectivity index (χ3v) is 6.46. The van der Waals surface area contributed by atoms with E-state index in [4.69, 9.17) is 0 Å². The average Bonchev–Trinajstić information content (AvgIpc) is 3.41. The lowest BCUT2D eigenvalue weighted by Crippen LogP contribution is -2.34. The van der Waals surface area contributed by atoms with Gasteiger partial charge in [-0.05, 0) is 54.8 Å². The van der Waals surface area contributed by atoms with Crippen LogP contribution in [-0.2, 0) is 7.05 Å². The van der Waals surface area contributed by atoms with E-state index in [0.717, 1.165) is 11.1 Å². The summed E-state index contributed by atoms with van der Waals surface area (Å²) in [6, 6.07) is 15.4. The summed E-state index contributed by atoms with van der Waals surface area (Å²) in [5.41, 5.74) is 8.89. The van der Waals surface area contributed by atoms with Crippen LogP contribution in [0.3, 0.4) is 0 Å². The van der Waals surface area contributed by atoms with Crippen LogP contribution in [0.15, 0.2) is 71.4 Å². The van der Waals surface area contributed by atoms with Crippen LogP contribution in [0.5, 0.6) is 0 Å². The maximum Gasteiger partial charge on any atom is 0.118 e. The van der Waals surface area contributed by atoms with Crippen molar-refractivity contribution >= 4 is 33.5 Å². The first-order valence-corrected chi connectivity index (χ1v) is 10.9. The number of fused-ring (bicyclic) bond motifs is 1. The van der Waals surface area contributed by atoms with Gasteiger partial charge in [0, 0.05) is 30.7 Å². The van der Waals surface area contributed by atoms with E-state index in [9.17, 15) is 0 Å². The predicted octanol–water partition coefficient (Wildman–Crippen LogP) is 5.53. The molecule has 2 atom stereocenters. The number of thiazole rings is 1. The molecule has 6 heteroatoms. The zero-order valence-corrected chi connectivity index (χ0v) is 18.0. The van der Waals surface area contributed by atoms with E-state index < -0.39 is 0 Å². The Kier molecular flexibility index (Phi) is 4.71. The molecule has 1 unspecified atom stereocenters. The molecule has 0 N–H and O–H groups in total. The molecule has 0 bridgehead atoms. The summed E-state index contributed by atoms with van der Waals surface area (Å²) in [6.45, 7) is 4.40. The standard InChI is InChI=1S/C24H23N5S/c1-16(18-5-4-6-19(11-18)21-13-27-28(3)14-21)29-17(2)25-10-9-23(29)20-7-8-22-24(12-20)30-15-26-22/h4-17H,1-3H3/t16-,17?/m0/s1. The first-order valence-electron chi connectivity index (χ1n) is 10.0. The molecule has 5 nitrogen and oxygen atoms in total. The predicted molar refractivity (Wildman–Crippen MR) is 124 cm³/mol. The van der Waals surface area contributed by atoms with Crippen molar-refractivity contribution < 1.29 is 0 Å². The number of allylic oxidation sites excluding steroid dienone is 1. The van der Waals surface area contributed by atoms with Gasteiger partial charge in [-0.3, -0.25) is 9.67 Å². The number of aliphatic imine (C=N–C) groups is 1. The first kappa shape index (κ1) is 18.8. The quantitative estimate of drug-likeness (QED) is 0.442. The second-order valence-electron chi connectivity index (χ2n) is 7.63. The van der Waals surface area contributed by atoms with Crippen molar-refractivity contribution in [1.29, 1.82) is 0 Å². The van der Waals surface area contributed by atoms with Crippen LogP contribution in [0.1, 0.15) is 31.0 Å². The molecule has 150 valence electrons. The molecular weight excluding hydrogens is 390 g/mol. The number of rotatable bonds is 4. The number of hydrogen-bond acceptors (Lipinski definition) is 5. The highest BCUT2D eigenvalue weighted by Crippen LogP contribution is 2.36. The van der Waals surface area contributed by atoms with Gasteiger partial charge >= 0.3 is 0 Å². The van der Waals surface area contributed by atoms with E-state index in [0.29, 0.717) is 0 Å². The first-order chi connectivity index (χ1) is 14.6. The second kappa shape index (κ2) is 7.54. The number of benzene rings is 2. The number of aryl methyl sites for hydroxylation is 1. The second-order valence-corrected chi connectivity index (χ2v) is 8.51. The molecule has 0 amide bonds.